The second-order valence-electron chi connectivity index (χ2n) is 7.88. The molecule has 2 aliphatic heterocycles. The summed E-state index contributed by atoms with van der Waals surface area (Å²) in [6, 6.07) is 11.3. The summed E-state index contributed by atoms with van der Waals surface area (Å²) >= 11 is -1.79. The van der Waals surface area contributed by atoms with Gasteiger partial charge in [-0.25, -0.2) is 19.4 Å². The van der Waals surface area contributed by atoms with Crippen molar-refractivity contribution in [2.75, 3.05) is 12.4 Å². The molecular formula is C23H19N3O9S. The molecule has 0 aliphatic carbocycles. The molecule has 13 heteroatoms. The molecule has 0 spiro atoms. The van der Waals surface area contributed by atoms with E-state index in [1.165, 1.54) is 18.2 Å². The van der Waals surface area contributed by atoms with Gasteiger partial charge in [-0.15, -0.1) is 0 Å². The Labute approximate surface area is 206 Å². The Kier molecular flexibility index (Phi) is 7.03. The average Bonchev–Trinajstić information content (AvgIpc) is 2.85. The third-order valence-corrected chi connectivity index (χ3v) is 7.14. The number of amides is 2. The van der Waals surface area contributed by atoms with E-state index in [-0.39, 0.29) is 29.1 Å². The Morgan fingerprint density at radius 2 is 1.75 bits per heavy atom. The molecule has 2 aromatic rings. The van der Waals surface area contributed by atoms with Crippen molar-refractivity contribution in [1.29, 1.82) is 0 Å². The van der Waals surface area contributed by atoms with Crippen LogP contribution in [0.4, 0.5) is 0 Å². The van der Waals surface area contributed by atoms with Crippen LogP contribution in [0.1, 0.15) is 26.5 Å². The van der Waals surface area contributed by atoms with Gasteiger partial charge in [-0.2, -0.15) is 0 Å². The minimum Gasteiger partial charge on any atom is -0.614 e. The summed E-state index contributed by atoms with van der Waals surface area (Å²) in [5.74, 6) is -5.40. The third kappa shape index (κ3) is 4.92. The maximum atomic E-state index is 12.9. The van der Waals surface area contributed by atoms with Crippen LogP contribution in [0.15, 0.2) is 59.8 Å². The first-order valence-electron chi connectivity index (χ1n) is 10.5. The SMILES string of the molecule is O=C(Cc1ccccc1)N[C@@H]1C(=O)N2C(C(=O)O)=C(COC(=O)c3cccc(C(=O)O)n3)C[S+]([O-])[C@H]12. The highest BCUT2D eigenvalue weighted by atomic mass is 32.2. The molecular weight excluding hydrogens is 494 g/mol. The summed E-state index contributed by atoms with van der Waals surface area (Å²) in [5.41, 5.74) is -0.533. The Morgan fingerprint density at radius 1 is 1.06 bits per heavy atom. The van der Waals surface area contributed by atoms with Gasteiger partial charge in [0.1, 0.15) is 29.4 Å². The van der Waals surface area contributed by atoms with Gasteiger partial charge < -0.3 is 24.8 Å². The lowest BCUT2D eigenvalue weighted by Gasteiger charge is -2.48. The molecule has 36 heavy (non-hydrogen) atoms. The number of pyridine rings is 1. The van der Waals surface area contributed by atoms with Crippen LogP contribution in [0.5, 0.6) is 0 Å². The molecule has 1 fully saturated rings. The van der Waals surface area contributed by atoms with Crippen LogP contribution < -0.4 is 5.32 Å². The van der Waals surface area contributed by atoms with Gasteiger partial charge in [0.2, 0.25) is 11.3 Å². The fourth-order valence-electron chi connectivity index (χ4n) is 3.86. The van der Waals surface area contributed by atoms with Crippen molar-refractivity contribution >= 4 is 40.9 Å². The number of ether oxygens (including phenoxy) is 1. The van der Waals surface area contributed by atoms with Crippen LogP contribution in [0, 0.1) is 0 Å². The lowest BCUT2D eigenvalue weighted by molar-refractivity contribution is -0.151. The van der Waals surface area contributed by atoms with E-state index in [2.05, 4.69) is 10.3 Å². The normalized spacial score (nSPS) is 20.8. The smallest absolute Gasteiger partial charge is 0.357 e. The summed E-state index contributed by atoms with van der Waals surface area (Å²) in [7, 11) is 0. The number of carboxylic acids is 2. The van der Waals surface area contributed by atoms with E-state index < -0.39 is 64.6 Å². The molecule has 3 heterocycles. The number of β-lactam (4-membered cyclic amide) rings is 1. The van der Waals surface area contributed by atoms with Crippen LogP contribution in [-0.4, -0.2) is 78.1 Å². The molecule has 1 aromatic heterocycles. The van der Waals surface area contributed by atoms with Crippen LogP contribution >= 0.6 is 0 Å². The Bertz CT molecular complexity index is 1280. The van der Waals surface area contributed by atoms with E-state index in [0.29, 0.717) is 5.56 Å². The largest absolute Gasteiger partial charge is 0.614 e. The van der Waals surface area contributed by atoms with Gasteiger partial charge in [0.25, 0.3) is 5.91 Å². The standard InChI is InChI=1S/C23H19N3O9S/c27-16(9-12-5-2-1-3-6-12)25-17-19(28)26-18(22(31)32)13(11-36(34)20(17)26)10-35-23(33)15-8-4-7-14(24-15)21(29)30/h1-8,17,20H,9-11H2,(H,25,27)(H,29,30)(H,31,32)/t17-,20-,36?/m1/s1. The van der Waals surface area contributed by atoms with Crippen molar-refractivity contribution in [1.82, 2.24) is 15.2 Å². The Hall–Kier alpha value is -4.23. The molecule has 4 rings (SSSR count). The van der Waals surface area contributed by atoms with Crippen molar-refractivity contribution in [3.05, 3.63) is 76.8 Å². The van der Waals surface area contributed by atoms with Gasteiger partial charge in [0.05, 0.1) is 6.42 Å². The molecule has 1 saturated heterocycles. The molecule has 2 amide bonds. The number of esters is 1. The van der Waals surface area contributed by atoms with Crippen LogP contribution in [-0.2, 0) is 36.7 Å². The molecule has 2 aliphatic rings. The maximum absolute atomic E-state index is 12.9. The highest BCUT2D eigenvalue weighted by molar-refractivity contribution is 7.92. The predicted molar refractivity (Wildman–Crippen MR) is 122 cm³/mol. The number of nitrogens with one attached hydrogen (secondary N) is 1. The molecule has 12 nitrogen and oxygen atoms in total. The number of hydrogen-bond donors (Lipinski definition) is 3. The van der Waals surface area contributed by atoms with Crippen LogP contribution in [0.25, 0.3) is 0 Å². The van der Waals surface area contributed by atoms with Crippen LogP contribution in [0.3, 0.4) is 0 Å². The van der Waals surface area contributed by atoms with E-state index in [1.54, 1.807) is 30.3 Å². The summed E-state index contributed by atoms with van der Waals surface area (Å²) < 4.78 is 18.0. The number of carboxylic acid groups (broad SMARTS) is 2. The minimum absolute atomic E-state index is 0.0100. The van der Waals surface area contributed by atoms with E-state index in [4.69, 9.17) is 9.84 Å². The van der Waals surface area contributed by atoms with Gasteiger partial charge in [0.15, 0.2) is 6.04 Å². The number of nitrogens with zero attached hydrogens (tertiary/aromatic N) is 2. The number of aromatic carboxylic acids is 1. The van der Waals surface area contributed by atoms with Crippen molar-refractivity contribution in [2.45, 2.75) is 17.8 Å². The molecule has 1 aromatic carbocycles. The molecule has 186 valence electrons. The van der Waals surface area contributed by atoms with Crippen molar-refractivity contribution in [2.24, 2.45) is 0 Å². The summed E-state index contributed by atoms with van der Waals surface area (Å²) in [6.45, 7) is -0.604. The van der Waals surface area contributed by atoms with Crippen LogP contribution in [0.2, 0.25) is 0 Å². The van der Waals surface area contributed by atoms with Gasteiger partial charge in [-0.3, -0.25) is 14.5 Å². The summed E-state index contributed by atoms with van der Waals surface area (Å²) in [6.07, 6.45) is -0.0100. The first kappa shape index (κ1) is 24.9. The summed E-state index contributed by atoms with van der Waals surface area (Å²) in [4.78, 5) is 64.9. The lowest BCUT2D eigenvalue weighted by Crippen LogP contribution is -2.75. The molecule has 0 bridgehead atoms. The lowest BCUT2D eigenvalue weighted by atomic mass is 10.0. The highest BCUT2D eigenvalue weighted by Gasteiger charge is 2.61. The number of carbonyl (C=O) groups is 5. The van der Waals surface area contributed by atoms with Gasteiger partial charge in [-0.05, 0) is 28.9 Å². The van der Waals surface area contributed by atoms with E-state index >= 15 is 0 Å². The van der Waals surface area contributed by atoms with Gasteiger partial charge >= 0.3 is 17.9 Å². The van der Waals surface area contributed by atoms with Crippen molar-refractivity contribution in [3.63, 3.8) is 0 Å². The zero-order valence-corrected chi connectivity index (χ0v) is 19.3. The van der Waals surface area contributed by atoms with Crippen molar-refractivity contribution in [3.8, 4) is 0 Å². The predicted octanol–water partition coefficient (Wildman–Crippen LogP) is -0.0666. The highest BCUT2D eigenvalue weighted by Crippen LogP contribution is 2.37. The molecule has 3 atom stereocenters. The maximum Gasteiger partial charge on any atom is 0.357 e. The van der Waals surface area contributed by atoms with E-state index in [0.717, 1.165) is 4.90 Å². The zero-order chi connectivity index (χ0) is 26.0. The third-order valence-electron chi connectivity index (χ3n) is 5.49. The number of fused-ring (bicyclic) bond motifs is 1. The van der Waals surface area contributed by atoms with E-state index in [9.17, 15) is 33.6 Å². The van der Waals surface area contributed by atoms with Gasteiger partial charge in [-0.1, -0.05) is 36.4 Å². The quantitative estimate of drug-likeness (QED) is 0.245. The zero-order valence-electron chi connectivity index (χ0n) is 18.4. The minimum atomic E-state index is -1.79. The molecule has 3 N–H and O–H groups in total. The van der Waals surface area contributed by atoms with E-state index in [1.807, 2.05) is 0 Å². The number of benzene rings is 1. The Balaban J connectivity index is 1.47. The topological polar surface area (TPSA) is 186 Å². The second kappa shape index (κ2) is 10.2. The average molecular weight is 513 g/mol. The fourth-order valence-corrected chi connectivity index (χ4v) is 5.53. The number of aliphatic carboxylic acids is 1. The summed E-state index contributed by atoms with van der Waals surface area (Å²) in [5, 5.41) is 20.2. The Morgan fingerprint density at radius 3 is 2.42 bits per heavy atom. The second-order valence-corrected chi connectivity index (χ2v) is 9.41. The number of rotatable bonds is 8. The van der Waals surface area contributed by atoms with Gasteiger partial charge in [0, 0.05) is 5.57 Å². The number of carbonyl (C=O) groups excluding carboxylic acids is 3. The molecule has 0 saturated carbocycles. The van der Waals surface area contributed by atoms with Crippen molar-refractivity contribution < 1.29 is 43.5 Å². The number of hydrogen-bond acceptors (Lipinski definition) is 8. The monoisotopic (exact) mass is 513 g/mol. The molecule has 0 radical (unpaired) electrons. The first-order valence-corrected chi connectivity index (χ1v) is 11.9. The number of aromatic nitrogens is 1. The first-order chi connectivity index (χ1) is 17.2. The molecule has 1 unspecified atom stereocenters. The fraction of sp³-hybridized carbons (Fsp3) is 0.217.